The molecular weight excluding hydrogens is 302 g/mol. The van der Waals surface area contributed by atoms with Gasteiger partial charge in [0.25, 0.3) is 0 Å². The van der Waals surface area contributed by atoms with Crippen molar-refractivity contribution in [3.8, 4) is 0 Å². The molecule has 0 aromatic rings. The lowest BCUT2D eigenvalue weighted by Gasteiger charge is -2.48. The Labute approximate surface area is 112 Å². The number of rotatable bonds is 1. The Morgan fingerprint density at radius 1 is 0.737 bits per heavy atom. The summed E-state index contributed by atoms with van der Waals surface area (Å²) < 4.78 is 72.3. The highest BCUT2D eigenvalue weighted by Crippen LogP contribution is 2.27. The zero-order valence-corrected chi connectivity index (χ0v) is 10.8. The molecule has 2 bridgehead atoms. The van der Waals surface area contributed by atoms with E-state index in [0.29, 0.717) is 25.6 Å². The molecule has 0 aromatic carbocycles. The molecule has 0 N–H and O–H groups in total. The number of halogens is 8. The number of nitrogens with zero attached hydrogens (tertiary/aromatic N) is 2. The molecule has 0 unspecified atom stereocenters. The summed E-state index contributed by atoms with van der Waals surface area (Å²) in [6.07, 6.45) is 0. The Balaban J connectivity index is 0.000000342. The zero-order chi connectivity index (χ0) is 15.1. The van der Waals surface area contributed by atoms with Crippen LogP contribution in [0.15, 0.2) is 0 Å². The molecule has 3 heterocycles. The molecule has 112 valence electrons. The van der Waals surface area contributed by atoms with Crippen molar-refractivity contribution in [1.29, 1.82) is 0 Å². The summed E-state index contributed by atoms with van der Waals surface area (Å²) in [4.78, 5) is 0. The smallest absolute Gasteiger partial charge is 0.297 e. The molecular formula is C7H14B2ClF7N2+2. The molecule has 12 heteroatoms. The highest BCUT2D eigenvalue weighted by Gasteiger charge is 2.50. The number of alkyl halides is 1. The first-order valence-electron chi connectivity index (χ1n) is 5.46. The minimum absolute atomic E-state index is 0.198. The predicted octanol–water partition coefficient (Wildman–Crippen LogP) is 2.49. The molecule has 3 saturated heterocycles. The maximum Gasteiger partial charge on any atom is 0.762 e. The van der Waals surface area contributed by atoms with E-state index in [1.54, 1.807) is 0 Å². The van der Waals surface area contributed by atoms with E-state index in [9.17, 15) is 30.4 Å². The largest absolute Gasteiger partial charge is 0.762 e. The van der Waals surface area contributed by atoms with Crippen molar-refractivity contribution < 1.29 is 39.6 Å². The van der Waals surface area contributed by atoms with Crippen LogP contribution in [0.25, 0.3) is 0 Å². The molecule has 0 aliphatic carbocycles. The van der Waals surface area contributed by atoms with Crippen molar-refractivity contribution >= 4 is 26.7 Å². The molecule has 0 amide bonds. The van der Waals surface area contributed by atoms with Crippen LogP contribution in [0.3, 0.4) is 0 Å². The fraction of sp³-hybridized carbons (Fsp3) is 1.00. The van der Waals surface area contributed by atoms with Gasteiger partial charge in [-0.1, -0.05) is 11.6 Å². The van der Waals surface area contributed by atoms with Gasteiger partial charge in [0, 0.05) is 0 Å². The third-order valence-corrected chi connectivity index (χ3v) is 3.69. The summed E-state index contributed by atoms with van der Waals surface area (Å²) in [5, 5.41) is 0. The highest BCUT2D eigenvalue weighted by atomic mass is 35.5. The molecule has 3 aliphatic heterocycles. The SMILES string of the molecule is FB(F)F.FB(F)F.F[N+]12CC[N+](CCl)(CC1)CC2. The second-order valence-corrected chi connectivity index (χ2v) is 4.57. The maximum atomic E-state index is 13.5. The van der Waals surface area contributed by atoms with Gasteiger partial charge in [-0.25, -0.2) is 0 Å². The van der Waals surface area contributed by atoms with E-state index in [2.05, 4.69) is 0 Å². The van der Waals surface area contributed by atoms with Crippen LogP contribution in [0.5, 0.6) is 0 Å². The highest BCUT2D eigenvalue weighted by molar-refractivity contribution is 6.33. The normalized spacial score (nSPS) is 31.6. The van der Waals surface area contributed by atoms with E-state index in [-0.39, 0.29) is 4.71 Å². The van der Waals surface area contributed by atoms with Gasteiger partial charge in [-0.3, -0.25) is 30.4 Å². The summed E-state index contributed by atoms with van der Waals surface area (Å²) in [5.74, 6) is 0. The number of fused-ring (bicyclic) bond motifs is 3. The molecule has 19 heavy (non-hydrogen) atoms. The summed E-state index contributed by atoms with van der Waals surface area (Å²) in [6, 6.07) is 0.667. The fourth-order valence-corrected chi connectivity index (χ4v) is 2.38. The van der Waals surface area contributed by atoms with Crippen LogP contribution in [-0.4, -0.2) is 69.5 Å². The van der Waals surface area contributed by atoms with Gasteiger partial charge in [-0.05, 0) is 4.48 Å². The first-order valence-corrected chi connectivity index (χ1v) is 5.99. The Morgan fingerprint density at radius 2 is 1.00 bits per heavy atom. The van der Waals surface area contributed by atoms with Gasteiger partial charge in [0.05, 0.1) is 0 Å². The molecule has 3 fully saturated rings. The van der Waals surface area contributed by atoms with Crippen LogP contribution in [0.1, 0.15) is 0 Å². The van der Waals surface area contributed by atoms with E-state index < -0.39 is 15.1 Å². The van der Waals surface area contributed by atoms with Crippen LogP contribution < -0.4 is 0 Å². The second kappa shape index (κ2) is 8.21. The molecule has 0 spiro atoms. The lowest BCUT2D eigenvalue weighted by atomic mass is 10.2. The summed E-state index contributed by atoms with van der Waals surface area (Å²) >= 11 is 5.85. The number of hydrogen-bond acceptors (Lipinski definition) is 0. The van der Waals surface area contributed by atoms with E-state index in [0.717, 1.165) is 24.1 Å². The third-order valence-electron chi connectivity index (χ3n) is 3.18. The van der Waals surface area contributed by atoms with E-state index >= 15 is 0 Å². The first kappa shape index (κ1) is 18.8. The molecule has 0 radical (unpaired) electrons. The van der Waals surface area contributed by atoms with Gasteiger partial charge in [0.1, 0.15) is 19.6 Å². The van der Waals surface area contributed by atoms with Crippen LogP contribution in [0.2, 0.25) is 0 Å². The number of piperazine rings is 3. The zero-order valence-electron chi connectivity index (χ0n) is 10.0. The quantitative estimate of drug-likeness (QED) is 0.174. The maximum absolute atomic E-state index is 13.5. The average molecular weight is 316 g/mol. The second-order valence-electron chi connectivity index (χ2n) is 4.33. The Morgan fingerprint density at radius 3 is 1.21 bits per heavy atom. The molecule has 0 saturated carbocycles. The first-order chi connectivity index (χ1) is 8.65. The van der Waals surface area contributed by atoms with Gasteiger partial charge in [0.15, 0.2) is 25.6 Å². The van der Waals surface area contributed by atoms with Crippen molar-refractivity contribution in [3.63, 3.8) is 0 Å². The van der Waals surface area contributed by atoms with Crippen LogP contribution in [-0.2, 0) is 0 Å². The summed E-state index contributed by atoms with van der Waals surface area (Å²) in [5.41, 5.74) is 0. The summed E-state index contributed by atoms with van der Waals surface area (Å²) in [6.45, 7) is 4.81. The Kier molecular flexibility index (Phi) is 8.14. The fourth-order valence-electron chi connectivity index (χ4n) is 2.02. The van der Waals surface area contributed by atoms with E-state index in [1.807, 2.05) is 0 Å². The van der Waals surface area contributed by atoms with Crippen LogP contribution in [0, 0.1) is 0 Å². The van der Waals surface area contributed by atoms with E-state index in [4.69, 9.17) is 11.6 Å². The molecule has 2 nitrogen and oxygen atoms in total. The molecule has 0 atom stereocenters. The van der Waals surface area contributed by atoms with Crippen LogP contribution in [0.4, 0.5) is 30.4 Å². The van der Waals surface area contributed by atoms with Crippen molar-refractivity contribution in [2.45, 2.75) is 0 Å². The van der Waals surface area contributed by atoms with Gasteiger partial charge >= 0.3 is 15.1 Å². The summed E-state index contributed by atoms with van der Waals surface area (Å²) in [7, 11) is -7.33. The predicted molar refractivity (Wildman–Crippen MR) is 59.7 cm³/mol. The minimum atomic E-state index is -3.67. The monoisotopic (exact) mass is 316 g/mol. The number of hydrogen-bond donors (Lipinski definition) is 0. The van der Waals surface area contributed by atoms with Crippen molar-refractivity contribution in [3.05, 3.63) is 0 Å². The van der Waals surface area contributed by atoms with Crippen molar-refractivity contribution in [2.24, 2.45) is 0 Å². The lowest BCUT2D eigenvalue weighted by Crippen LogP contribution is -2.71. The molecule has 3 aliphatic rings. The topological polar surface area (TPSA) is 0 Å². The third kappa shape index (κ3) is 7.88. The minimum Gasteiger partial charge on any atom is -0.297 e. The van der Waals surface area contributed by atoms with Gasteiger partial charge in [-0.15, -0.1) is 4.71 Å². The molecule has 0 aromatic heterocycles. The van der Waals surface area contributed by atoms with Crippen molar-refractivity contribution in [1.82, 2.24) is 0 Å². The molecule has 3 rings (SSSR count). The van der Waals surface area contributed by atoms with Crippen LogP contribution >= 0.6 is 11.6 Å². The van der Waals surface area contributed by atoms with Gasteiger partial charge in [-0.2, -0.15) is 0 Å². The van der Waals surface area contributed by atoms with Crippen molar-refractivity contribution in [2.75, 3.05) is 45.3 Å². The van der Waals surface area contributed by atoms with Gasteiger partial charge in [0.2, 0.25) is 0 Å². The Bertz CT molecular complexity index is 226. The average Bonchev–Trinajstić information content (AvgIpc) is 2.29. The number of quaternary nitrogens is 2. The lowest BCUT2D eigenvalue weighted by molar-refractivity contribution is -1.15. The standard InChI is InChI=1S/C7H14ClFN2.2BF3/c8-7-10-1-4-11(9,5-2-10)6-3-10;2*2-1(3)4/h1-7H2;;/q+2;;. The van der Waals surface area contributed by atoms with Gasteiger partial charge < -0.3 is 0 Å². The Hall–Kier alpha value is -0.150. The van der Waals surface area contributed by atoms with E-state index in [1.165, 1.54) is 0 Å².